The molecule has 0 spiro atoms. The van der Waals surface area contributed by atoms with E-state index in [4.69, 9.17) is 18.4 Å². The highest BCUT2D eigenvalue weighted by Gasteiger charge is 2.34. The lowest BCUT2D eigenvalue weighted by Crippen LogP contribution is -2.47. The minimum absolute atomic E-state index is 0.0444. The molecule has 1 N–H and O–H groups in total. The third-order valence-electron chi connectivity index (χ3n) is 5.15. The maximum Gasteiger partial charge on any atom is 0.407 e. The van der Waals surface area contributed by atoms with E-state index in [9.17, 15) is 32.9 Å². The number of esters is 2. The molecule has 238 valence electrons. The number of ether oxygens (including phenoxy) is 3. The quantitative estimate of drug-likeness (QED) is 0.0795. The Balaban J connectivity index is 3.06. The van der Waals surface area contributed by atoms with E-state index >= 15 is 0 Å². The number of carbonyl (C=O) groups is 3. The van der Waals surface area contributed by atoms with Crippen molar-refractivity contribution in [3.05, 3.63) is 34.4 Å². The number of hydrogen-bond donors (Lipinski definition) is 1. The van der Waals surface area contributed by atoms with Crippen molar-refractivity contribution in [3.63, 3.8) is 0 Å². The monoisotopic (exact) mass is 616 g/mol. The number of nitrogens with one attached hydrogen (secondary N) is 1. The molecule has 1 amide bonds. The number of hydrogen-bond acceptors (Lipinski definition) is 11. The molecule has 0 aliphatic rings. The van der Waals surface area contributed by atoms with Crippen molar-refractivity contribution >= 4 is 33.8 Å². The van der Waals surface area contributed by atoms with Crippen molar-refractivity contribution in [1.29, 1.82) is 0 Å². The molecule has 0 fully saturated rings. The second kappa shape index (κ2) is 14.8. The van der Waals surface area contributed by atoms with Gasteiger partial charge in [0.1, 0.15) is 17.2 Å². The Bertz CT molecular complexity index is 1190. The number of alkyl carbamates (subject to hydrolysis) is 1. The van der Waals surface area contributed by atoms with Gasteiger partial charge >= 0.3 is 18.0 Å². The molecule has 0 saturated heterocycles. The third kappa shape index (κ3) is 14.6. The van der Waals surface area contributed by atoms with Gasteiger partial charge in [0.2, 0.25) is 0 Å². The van der Waals surface area contributed by atoms with Gasteiger partial charge in [-0.3, -0.25) is 19.1 Å². The van der Waals surface area contributed by atoms with Crippen LogP contribution in [0, 0.1) is 21.4 Å². The van der Waals surface area contributed by atoms with E-state index in [1.165, 1.54) is 0 Å². The molecular weight excluding hydrogens is 572 g/mol. The molecule has 0 aliphatic heterocycles. The first kappa shape index (κ1) is 36.8. The number of benzene rings is 1. The zero-order valence-corrected chi connectivity index (χ0v) is 26.7. The average Bonchev–Trinajstić information content (AvgIpc) is 2.81. The highest BCUT2D eigenvalue weighted by molar-refractivity contribution is 7.86. The topological polar surface area (TPSA) is 177 Å². The minimum atomic E-state index is -4.23. The van der Waals surface area contributed by atoms with Crippen LogP contribution in [0.4, 0.5) is 10.5 Å². The molecule has 0 aliphatic carbocycles. The lowest BCUT2D eigenvalue weighted by molar-refractivity contribution is -0.384. The molecule has 13 nitrogen and oxygen atoms in total. The van der Waals surface area contributed by atoms with Gasteiger partial charge in [-0.1, -0.05) is 20.8 Å². The number of non-ortho nitro benzene ring substituents is 1. The number of nitrogens with zero attached hydrogens (tertiary/aromatic N) is 1. The molecule has 0 heterocycles. The Labute approximate surface area is 247 Å². The fourth-order valence-corrected chi connectivity index (χ4v) is 4.30. The zero-order chi connectivity index (χ0) is 32.5. The molecule has 42 heavy (non-hydrogen) atoms. The summed E-state index contributed by atoms with van der Waals surface area (Å²) >= 11 is 0. The summed E-state index contributed by atoms with van der Waals surface area (Å²) in [5.41, 5.74) is -2.34. The highest BCUT2D eigenvalue weighted by Crippen LogP contribution is 2.23. The average molecular weight is 617 g/mol. The van der Waals surface area contributed by atoms with Crippen molar-refractivity contribution in [1.82, 2.24) is 5.32 Å². The molecule has 0 bridgehead atoms. The lowest BCUT2D eigenvalue weighted by atomic mass is 9.94. The van der Waals surface area contributed by atoms with Gasteiger partial charge in [-0.2, -0.15) is 8.42 Å². The molecule has 14 heteroatoms. The van der Waals surface area contributed by atoms with Gasteiger partial charge in [-0.15, -0.1) is 0 Å². The molecule has 0 unspecified atom stereocenters. The summed E-state index contributed by atoms with van der Waals surface area (Å²) < 4.78 is 46.3. The first-order valence-corrected chi connectivity index (χ1v) is 14.9. The first-order chi connectivity index (χ1) is 19.0. The van der Waals surface area contributed by atoms with Crippen LogP contribution in [0.5, 0.6) is 0 Å². The number of nitro benzene ring substituents is 1. The van der Waals surface area contributed by atoms with Crippen LogP contribution in [0.2, 0.25) is 0 Å². The predicted octanol–water partition coefficient (Wildman–Crippen LogP) is 4.91. The Morgan fingerprint density at radius 1 is 0.905 bits per heavy atom. The van der Waals surface area contributed by atoms with Crippen molar-refractivity contribution in [3.8, 4) is 0 Å². The second-order valence-corrected chi connectivity index (χ2v) is 14.6. The minimum Gasteiger partial charge on any atom is -0.460 e. The fourth-order valence-electron chi connectivity index (χ4n) is 3.36. The summed E-state index contributed by atoms with van der Waals surface area (Å²) in [5, 5.41) is 13.3. The van der Waals surface area contributed by atoms with Crippen LogP contribution in [0.25, 0.3) is 0 Å². The van der Waals surface area contributed by atoms with E-state index in [0.29, 0.717) is 0 Å². The molecule has 1 aromatic rings. The molecule has 0 saturated carbocycles. The predicted molar refractivity (Wildman–Crippen MR) is 153 cm³/mol. The van der Waals surface area contributed by atoms with Crippen LogP contribution < -0.4 is 5.32 Å². The summed E-state index contributed by atoms with van der Waals surface area (Å²) in [5.74, 6) is -2.38. The van der Waals surface area contributed by atoms with Crippen molar-refractivity contribution in [2.24, 2.45) is 11.3 Å². The van der Waals surface area contributed by atoms with Crippen LogP contribution in [-0.2, 0) is 38.1 Å². The summed E-state index contributed by atoms with van der Waals surface area (Å²) in [4.78, 5) is 48.6. The second-order valence-electron chi connectivity index (χ2n) is 13.0. The molecule has 1 rings (SSSR count). The largest absolute Gasteiger partial charge is 0.460 e. The Morgan fingerprint density at radius 2 is 1.43 bits per heavy atom. The molecule has 2 atom stereocenters. The van der Waals surface area contributed by atoms with Gasteiger partial charge < -0.3 is 19.5 Å². The van der Waals surface area contributed by atoms with E-state index in [-0.39, 0.29) is 48.5 Å². The fraction of sp³-hybridized carbons (Fsp3) is 0.679. The lowest BCUT2D eigenvalue weighted by Gasteiger charge is -2.28. The summed E-state index contributed by atoms with van der Waals surface area (Å²) in [6.07, 6.45) is -0.959. The van der Waals surface area contributed by atoms with E-state index in [1.807, 2.05) is 20.8 Å². The first-order valence-electron chi connectivity index (χ1n) is 13.5. The van der Waals surface area contributed by atoms with Crippen molar-refractivity contribution in [2.45, 2.75) is 104 Å². The maximum atomic E-state index is 13.1. The smallest absolute Gasteiger partial charge is 0.407 e. The van der Waals surface area contributed by atoms with Gasteiger partial charge in [-0.05, 0) is 78.4 Å². The van der Waals surface area contributed by atoms with Gasteiger partial charge in [0, 0.05) is 12.1 Å². The zero-order valence-electron chi connectivity index (χ0n) is 25.8. The number of amides is 1. The van der Waals surface area contributed by atoms with Gasteiger partial charge in [0.05, 0.1) is 29.0 Å². The number of rotatable bonds is 13. The highest BCUT2D eigenvalue weighted by atomic mass is 32.2. The number of nitro groups is 1. The summed E-state index contributed by atoms with van der Waals surface area (Å²) in [6, 6.07) is 2.95. The maximum absolute atomic E-state index is 13.1. The van der Waals surface area contributed by atoms with E-state index in [1.54, 1.807) is 41.5 Å². The normalized spacial score (nSPS) is 13.9. The summed E-state index contributed by atoms with van der Waals surface area (Å²) in [7, 11) is -4.23. The van der Waals surface area contributed by atoms with Gasteiger partial charge in [-0.25, -0.2) is 9.59 Å². The number of carbonyl (C=O) groups excluding carboxylic acids is 3. The van der Waals surface area contributed by atoms with Crippen molar-refractivity contribution in [2.75, 3.05) is 13.2 Å². The molecule has 0 aromatic heterocycles. The van der Waals surface area contributed by atoms with Crippen LogP contribution in [0.15, 0.2) is 29.2 Å². The molecular formula is C28H44N2O11S. The Kier molecular flexibility index (Phi) is 12.9. The Morgan fingerprint density at radius 3 is 1.90 bits per heavy atom. The van der Waals surface area contributed by atoms with Crippen LogP contribution in [-0.4, -0.2) is 61.8 Å². The van der Waals surface area contributed by atoms with Crippen LogP contribution >= 0.6 is 0 Å². The van der Waals surface area contributed by atoms with E-state index < -0.39 is 56.2 Å². The van der Waals surface area contributed by atoms with E-state index in [2.05, 4.69) is 5.32 Å². The van der Waals surface area contributed by atoms with Crippen molar-refractivity contribution < 1.29 is 46.1 Å². The summed E-state index contributed by atoms with van der Waals surface area (Å²) in [6.45, 7) is 15.4. The van der Waals surface area contributed by atoms with E-state index in [0.717, 1.165) is 24.3 Å². The molecule has 0 radical (unpaired) electrons. The third-order valence-corrected chi connectivity index (χ3v) is 6.48. The van der Waals surface area contributed by atoms with Crippen LogP contribution in [0.3, 0.4) is 0 Å². The SMILES string of the molecule is CC(C)(C)COC(=O)N[C@@H](C[C@H](CCCOS(=O)(=O)c1ccc([N+](=O)[O-])cc1)C(=O)OC(C)(C)C)C(=O)OC(C)(C)C. The van der Waals surface area contributed by atoms with Crippen LogP contribution in [0.1, 0.15) is 81.6 Å². The Hall–Kier alpha value is -3.26. The standard InChI is InChI=1S/C28H44N2O11S/c1-26(2,3)18-38-25(33)29-22(24(32)41-28(7,8)9)17-19(23(31)40-27(4,5)6)11-10-16-39-42(36,37)21-14-12-20(13-15-21)30(34)35/h12-15,19,22H,10-11,16-18H2,1-9H3,(H,29,33)/t19-,22-/m0/s1. The molecule has 1 aromatic carbocycles. The van der Waals surface area contributed by atoms with Gasteiger partial charge in [0.15, 0.2) is 0 Å². The van der Waals surface area contributed by atoms with Gasteiger partial charge in [0.25, 0.3) is 15.8 Å².